The van der Waals surface area contributed by atoms with Gasteiger partial charge in [-0.2, -0.15) is 0 Å². The normalized spacial score (nSPS) is 17.0. The highest BCUT2D eigenvalue weighted by Crippen LogP contribution is 2.37. The molecule has 1 aliphatic rings. The number of anilines is 1. The highest BCUT2D eigenvalue weighted by atomic mass is 32.2. The van der Waals surface area contributed by atoms with Crippen LogP contribution in [0.2, 0.25) is 0 Å². The number of benzene rings is 2. The van der Waals surface area contributed by atoms with Gasteiger partial charge in [0.25, 0.3) is 0 Å². The molecule has 30 heavy (non-hydrogen) atoms. The van der Waals surface area contributed by atoms with Gasteiger partial charge < -0.3 is 5.32 Å². The van der Waals surface area contributed by atoms with E-state index in [1.165, 1.54) is 4.31 Å². The largest absolute Gasteiger partial charge is 0.325 e. The minimum Gasteiger partial charge on any atom is -0.325 e. The van der Waals surface area contributed by atoms with Crippen molar-refractivity contribution in [1.29, 1.82) is 0 Å². The quantitative estimate of drug-likeness (QED) is 0.681. The summed E-state index contributed by atoms with van der Waals surface area (Å²) in [6.45, 7) is 2.32. The lowest BCUT2D eigenvalue weighted by molar-refractivity contribution is -0.123. The first kappa shape index (κ1) is 20.5. The Labute approximate surface area is 177 Å². The van der Waals surface area contributed by atoms with Crippen LogP contribution in [-0.4, -0.2) is 42.5 Å². The standard InChI is InChI=1S/C23H25N3O3S/c1-2-30(28,29)26-15-12-23(13-16-26,19-8-4-3-5-9-19)22(27)25-20-10-11-21-18(17-20)7-6-14-24-21/h3-11,14,17H,2,12-13,15-16H2,1H3,(H,25,27). The second-order valence-corrected chi connectivity index (χ2v) is 9.87. The zero-order valence-electron chi connectivity index (χ0n) is 16.9. The molecule has 2 heterocycles. The summed E-state index contributed by atoms with van der Waals surface area (Å²) in [6.07, 6.45) is 2.62. The zero-order valence-corrected chi connectivity index (χ0v) is 17.7. The Bertz CT molecular complexity index is 1150. The fourth-order valence-electron chi connectivity index (χ4n) is 4.14. The molecule has 1 amide bonds. The Hall–Kier alpha value is -2.77. The average molecular weight is 424 g/mol. The van der Waals surface area contributed by atoms with E-state index in [4.69, 9.17) is 0 Å². The van der Waals surface area contributed by atoms with Crippen molar-refractivity contribution in [3.63, 3.8) is 0 Å². The molecule has 0 aliphatic carbocycles. The molecule has 2 aromatic carbocycles. The average Bonchev–Trinajstić information content (AvgIpc) is 2.79. The molecule has 1 N–H and O–H groups in total. The van der Waals surface area contributed by atoms with Crippen molar-refractivity contribution in [3.05, 3.63) is 72.4 Å². The first-order valence-electron chi connectivity index (χ1n) is 10.1. The van der Waals surface area contributed by atoms with E-state index in [1.54, 1.807) is 13.1 Å². The van der Waals surface area contributed by atoms with Gasteiger partial charge >= 0.3 is 0 Å². The van der Waals surface area contributed by atoms with Crippen LogP contribution in [0.5, 0.6) is 0 Å². The van der Waals surface area contributed by atoms with Crippen molar-refractivity contribution in [3.8, 4) is 0 Å². The van der Waals surface area contributed by atoms with Crippen molar-refractivity contribution >= 4 is 32.5 Å². The lowest BCUT2D eigenvalue weighted by Gasteiger charge is -2.40. The predicted molar refractivity (Wildman–Crippen MR) is 119 cm³/mol. The Morgan fingerprint density at radius 1 is 1.07 bits per heavy atom. The number of carbonyl (C=O) groups is 1. The van der Waals surface area contributed by atoms with Crippen LogP contribution in [0.4, 0.5) is 5.69 Å². The third kappa shape index (κ3) is 3.82. The summed E-state index contributed by atoms with van der Waals surface area (Å²) in [6, 6.07) is 19.1. The SMILES string of the molecule is CCS(=O)(=O)N1CCC(C(=O)Nc2ccc3ncccc3c2)(c2ccccc2)CC1. The van der Waals surface area contributed by atoms with Crippen LogP contribution in [0.25, 0.3) is 10.9 Å². The Balaban J connectivity index is 1.64. The van der Waals surface area contributed by atoms with Crippen LogP contribution in [0.15, 0.2) is 66.9 Å². The summed E-state index contributed by atoms with van der Waals surface area (Å²) in [5.41, 5.74) is 1.72. The molecule has 0 radical (unpaired) electrons. The summed E-state index contributed by atoms with van der Waals surface area (Å²) < 4.78 is 26.1. The number of amides is 1. The van der Waals surface area contributed by atoms with Gasteiger partial charge in [-0.15, -0.1) is 0 Å². The fraction of sp³-hybridized carbons (Fsp3) is 0.304. The summed E-state index contributed by atoms with van der Waals surface area (Å²) in [5, 5.41) is 4.03. The third-order valence-electron chi connectivity index (χ3n) is 5.96. The molecule has 1 fully saturated rings. The van der Waals surface area contributed by atoms with Crippen LogP contribution in [0.3, 0.4) is 0 Å². The van der Waals surface area contributed by atoms with E-state index in [1.807, 2.05) is 60.7 Å². The van der Waals surface area contributed by atoms with Gasteiger partial charge in [-0.3, -0.25) is 9.78 Å². The van der Waals surface area contributed by atoms with Gasteiger partial charge in [0, 0.05) is 30.4 Å². The number of hydrogen-bond acceptors (Lipinski definition) is 4. The van der Waals surface area contributed by atoms with Gasteiger partial charge in [-0.1, -0.05) is 36.4 Å². The van der Waals surface area contributed by atoms with Crippen LogP contribution in [0, 0.1) is 0 Å². The number of pyridine rings is 1. The Kier molecular flexibility index (Phi) is 5.58. The number of fused-ring (bicyclic) bond motifs is 1. The Morgan fingerprint density at radius 2 is 1.80 bits per heavy atom. The maximum atomic E-state index is 13.6. The number of nitrogens with zero attached hydrogens (tertiary/aromatic N) is 2. The highest BCUT2D eigenvalue weighted by molar-refractivity contribution is 7.89. The number of hydrogen-bond donors (Lipinski definition) is 1. The number of aromatic nitrogens is 1. The first-order valence-corrected chi connectivity index (χ1v) is 11.8. The van der Waals surface area contributed by atoms with Gasteiger partial charge in [0.1, 0.15) is 0 Å². The van der Waals surface area contributed by atoms with Gasteiger partial charge in [0.15, 0.2) is 0 Å². The predicted octanol–water partition coefficient (Wildman–Crippen LogP) is 3.56. The van der Waals surface area contributed by atoms with Gasteiger partial charge in [0.05, 0.1) is 16.7 Å². The maximum absolute atomic E-state index is 13.6. The molecule has 6 nitrogen and oxygen atoms in total. The van der Waals surface area contributed by atoms with Crippen LogP contribution in [0.1, 0.15) is 25.3 Å². The second kappa shape index (κ2) is 8.16. The number of rotatable bonds is 5. The lowest BCUT2D eigenvalue weighted by atomic mass is 9.72. The molecular weight excluding hydrogens is 398 g/mol. The molecule has 0 saturated carbocycles. The minimum atomic E-state index is -3.27. The molecule has 0 bridgehead atoms. The molecule has 156 valence electrons. The third-order valence-corrected chi connectivity index (χ3v) is 7.84. The summed E-state index contributed by atoms with van der Waals surface area (Å²) in [5.74, 6) is -0.0339. The molecule has 1 aromatic heterocycles. The lowest BCUT2D eigenvalue weighted by Crippen LogP contribution is -2.51. The molecule has 7 heteroatoms. The van der Waals surface area contributed by atoms with E-state index in [-0.39, 0.29) is 11.7 Å². The van der Waals surface area contributed by atoms with Crippen LogP contribution >= 0.6 is 0 Å². The first-order chi connectivity index (χ1) is 14.4. The zero-order chi connectivity index (χ0) is 21.2. The van der Waals surface area contributed by atoms with E-state index in [9.17, 15) is 13.2 Å². The smallest absolute Gasteiger partial charge is 0.235 e. The summed E-state index contributed by atoms with van der Waals surface area (Å²) in [7, 11) is -3.27. The van der Waals surface area contributed by atoms with Gasteiger partial charge in [-0.25, -0.2) is 12.7 Å². The molecule has 0 atom stereocenters. The maximum Gasteiger partial charge on any atom is 0.235 e. The Morgan fingerprint density at radius 3 is 2.50 bits per heavy atom. The number of carbonyl (C=O) groups excluding carboxylic acids is 1. The van der Waals surface area contributed by atoms with E-state index < -0.39 is 15.4 Å². The summed E-state index contributed by atoms with van der Waals surface area (Å²) in [4.78, 5) is 17.9. The monoisotopic (exact) mass is 423 g/mol. The van der Waals surface area contributed by atoms with E-state index in [2.05, 4.69) is 10.3 Å². The molecule has 3 aromatic rings. The van der Waals surface area contributed by atoms with Crippen molar-refractivity contribution in [2.45, 2.75) is 25.2 Å². The fourth-order valence-corrected chi connectivity index (χ4v) is 5.24. The molecule has 1 aliphatic heterocycles. The van der Waals surface area contributed by atoms with Crippen LogP contribution in [-0.2, 0) is 20.2 Å². The minimum absolute atomic E-state index is 0.0721. The molecule has 0 spiro atoms. The van der Waals surface area contributed by atoms with E-state index >= 15 is 0 Å². The number of sulfonamides is 1. The second-order valence-electron chi connectivity index (χ2n) is 7.61. The van der Waals surface area contributed by atoms with Crippen molar-refractivity contribution in [2.24, 2.45) is 0 Å². The molecular formula is C23H25N3O3S. The topological polar surface area (TPSA) is 79.4 Å². The molecule has 4 rings (SSSR count). The van der Waals surface area contributed by atoms with Crippen molar-refractivity contribution in [1.82, 2.24) is 9.29 Å². The van der Waals surface area contributed by atoms with Crippen molar-refractivity contribution in [2.75, 3.05) is 24.2 Å². The molecule has 1 saturated heterocycles. The van der Waals surface area contributed by atoms with Crippen LogP contribution < -0.4 is 5.32 Å². The summed E-state index contributed by atoms with van der Waals surface area (Å²) >= 11 is 0. The van der Waals surface area contributed by atoms with Gasteiger partial charge in [0.2, 0.25) is 15.9 Å². The molecule has 0 unspecified atom stereocenters. The number of nitrogens with one attached hydrogen (secondary N) is 1. The van der Waals surface area contributed by atoms with E-state index in [0.717, 1.165) is 16.5 Å². The van der Waals surface area contributed by atoms with E-state index in [0.29, 0.717) is 31.6 Å². The number of piperidine rings is 1. The van der Waals surface area contributed by atoms with Crippen molar-refractivity contribution < 1.29 is 13.2 Å². The highest BCUT2D eigenvalue weighted by Gasteiger charge is 2.44. The van der Waals surface area contributed by atoms with Gasteiger partial charge in [-0.05, 0) is 49.6 Å².